The Balaban J connectivity index is 1.66. The van der Waals surface area contributed by atoms with Gasteiger partial charge in [-0.2, -0.15) is 0 Å². The topological polar surface area (TPSA) is 128 Å². The summed E-state index contributed by atoms with van der Waals surface area (Å²) in [6.07, 6.45) is 0.0643. The Bertz CT molecular complexity index is 1380. The second-order valence-electron chi connectivity index (χ2n) is 7.88. The first kappa shape index (κ1) is 24.5. The van der Waals surface area contributed by atoms with Gasteiger partial charge in [0.2, 0.25) is 11.8 Å². The summed E-state index contributed by atoms with van der Waals surface area (Å²) >= 11 is 12.8. The molecule has 0 bridgehead atoms. The number of hydrogen-bond donors (Lipinski definition) is 3. The molecule has 35 heavy (non-hydrogen) atoms. The molecule has 1 heterocycles. The number of amides is 1. The van der Waals surface area contributed by atoms with E-state index in [2.05, 4.69) is 10.3 Å². The summed E-state index contributed by atoms with van der Waals surface area (Å²) in [6, 6.07) is 14.9. The first-order valence-electron chi connectivity index (χ1n) is 10.6. The number of ether oxygens (including phenoxy) is 1. The first-order chi connectivity index (χ1) is 16.7. The minimum atomic E-state index is -1.12. The molecule has 8 nitrogen and oxygen atoms in total. The Hall–Kier alpha value is -3.59. The highest BCUT2D eigenvalue weighted by molar-refractivity contribution is 6.37. The van der Waals surface area contributed by atoms with E-state index < -0.39 is 12.0 Å². The van der Waals surface area contributed by atoms with Crippen LogP contribution in [0.15, 0.2) is 59.0 Å². The molecule has 4 aromatic rings. The van der Waals surface area contributed by atoms with E-state index in [0.29, 0.717) is 33.8 Å². The third-order valence-electron chi connectivity index (χ3n) is 5.11. The van der Waals surface area contributed by atoms with Crippen LogP contribution in [0.5, 0.6) is 5.75 Å². The zero-order chi connectivity index (χ0) is 25.1. The number of nitrogens with two attached hydrogens (primary N) is 1. The van der Waals surface area contributed by atoms with Crippen LogP contribution in [0.25, 0.3) is 22.6 Å². The predicted octanol–water partition coefficient (Wildman–Crippen LogP) is 5.29. The maximum atomic E-state index is 11.6. The van der Waals surface area contributed by atoms with E-state index in [-0.39, 0.29) is 34.7 Å². The number of anilines is 1. The van der Waals surface area contributed by atoms with E-state index in [1.165, 1.54) is 6.92 Å². The van der Waals surface area contributed by atoms with Crippen LogP contribution < -0.4 is 15.8 Å². The number of hydrogen-bond acceptors (Lipinski definition) is 6. The molecule has 0 radical (unpaired) electrons. The van der Waals surface area contributed by atoms with Gasteiger partial charge in [-0.05, 0) is 48.4 Å². The van der Waals surface area contributed by atoms with Gasteiger partial charge >= 0.3 is 5.97 Å². The molecule has 0 aliphatic carbocycles. The molecular weight excluding hydrogens is 493 g/mol. The monoisotopic (exact) mass is 513 g/mol. The van der Waals surface area contributed by atoms with E-state index >= 15 is 0 Å². The third kappa shape index (κ3) is 5.74. The quantitative estimate of drug-likeness (QED) is 0.291. The summed E-state index contributed by atoms with van der Waals surface area (Å²) in [6.45, 7) is 1.43. The fourth-order valence-corrected chi connectivity index (χ4v) is 4.19. The van der Waals surface area contributed by atoms with Crippen LogP contribution in [0, 0.1) is 0 Å². The summed E-state index contributed by atoms with van der Waals surface area (Å²) < 4.78 is 12.0. The highest BCUT2D eigenvalue weighted by atomic mass is 35.5. The maximum absolute atomic E-state index is 11.6. The number of carboxylic acid groups (broad SMARTS) is 1. The Labute approximate surface area is 210 Å². The number of aromatic nitrogens is 1. The summed E-state index contributed by atoms with van der Waals surface area (Å²) in [5.74, 6) is -0.703. The van der Waals surface area contributed by atoms with Crippen molar-refractivity contribution in [3.63, 3.8) is 0 Å². The van der Waals surface area contributed by atoms with Crippen molar-refractivity contribution in [2.24, 2.45) is 5.73 Å². The largest absolute Gasteiger partial charge is 0.486 e. The molecule has 0 unspecified atom stereocenters. The lowest BCUT2D eigenvalue weighted by Crippen LogP contribution is -2.32. The van der Waals surface area contributed by atoms with Crippen LogP contribution in [0.1, 0.15) is 18.1 Å². The number of nitrogens with zero attached hydrogens (tertiary/aromatic N) is 1. The maximum Gasteiger partial charge on any atom is 0.320 e. The highest BCUT2D eigenvalue weighted by Crippen LogP contribution is 2.36. The van der Waals surface area contributed by atoms with Gasteiger partial charge in [-0.15, -0.1) is 0 Å². The fourth-order valence-electron chi connectivity index (χ4n) is 3.55. The molecule has 0 fully saturated rings. The Morgan fingerprint density at radius 3 is 2.46 bits per heavy atom. The zero-order valence-electron chi connectivity index (χ0n) is 18.5. The van der Waals surface area contributed by atoms with Crippen molar-refractivity contribution in [2.75, 3.05) is 5.32 Å². The summed E-state index contributed by atoms with van der Waals surface area (Å²) in [4.78, 5) is 27.2. The van der Waals surface area contributed by atoms with Crippen molar-refractivity contribution in [3.05, 3.63) is 75.8 Å². The predicted molar refractivity (Wildman–Crippen MR) is 134 cm³/mol. The Morgan fingerprint density at radius 1 is 1.14 bits per heavy atom. The highest BCUT2D eigenvalue weighted by Gasteiger charge is 2.18. The second kappa shape index (κ2) is 10.4. The molecule has 1 amide bonds. The smallest absolute Gasteiger partial charge is 0.320 e. The standard InChI is InChI=1S/C25H21Cl2N3O5/c1-13(31)29-17-10-16(22-21(11-17)30-24(35-22)15-5-3-2-4-6-15)12-34-23-18(26)7-14(8-19(23)27)9-20(28)25(32)33/h2-8,10-11,20H,9,12,28H2,1H3,(H,29,31)(H,32,33)/t20-/m0/s1. The molecule has 0 aliphatic heterocycles. The molecule has 4 N–H and O–H groups in total. The molecule has 0 aliphatic rings. The molecule has 1 aromatic heterocycles. The van der Waals surface area contributed by atoms with Gasteiger partial charge in [-0.3, -0.25) is 9.59 Å². The lowest BCUT2D eigenvalue weighted by Gasteiger charge is -2.14. The molecular formula is C25H21Cl2N3O5. The van der Waals surface area contributed by atoms with Gasteiger partial charge in [0.25, 0.3) is 0 Å². The van der Waals surface area contributed by atoms with Crippen molar-refractivity contribution in [1.29, 1.82) is 0 Å². The second-order valence-corrected chi connectivity index (χ2v) is 8.69. The minimum absolute atomic E-state index is 0.0147. The molecule has 10 heteroatoms. The normalized spacial score (nSPS) is 11.9. The lowest BCUT2D eigenvalue weighted by atomic mass is 10.1. The third-order valence-corrected chi connectivity index (χ3v) is 5.67. The van der Waals surface area contributed by atoms with Crippen molar-refractivity contribution < 1.29 is 23.8 Å². The number of halogens is 2. The number of fused-ring (bicyclic) bond motifs is 1. The molecule has 180 valence electrons. The van der Waals surface area contributed by atoms with E-state index in [1.807, 2.05) is 30.3 Å². The van der Waals surface area contributed by atoms with Crippen molar-refractivity contribution in [1.82, 2.24) is 4.98 Å². The number of carboxylic acids is 1. The van der Waals surface area contributed by atoms with Gasteiger partial charge in [0, 0.05) is 23.7 Å². The van der Waals surface area contributed by atoms with Gasteiger partial charge < -0.3 is 25.3 Å². The number of carbonyl (C=O) groups is 2. The van der Waals surface area contributed by atoms with Gasteiger partial charge in [-0.1, -0.05) is 41.4 Å². The fraction of sp³-hybridized carbons (Fsp3) is 0.160. The molecule has 0 saturated carbocycles. The van der Waals surface area contributed by atoms with Crippen LogP contribution in [0.3, 0.4) is 0 Å². The van der Waals surface area contributed by atoms with E-state index in [4.69, 9.17) is 43.2 Å². The molecule has 4 rings (SSSR count). The van der Waals surface area contributed by atoms with E-state index in [9.17, 15) is 9.59 Å². The van der Waals surface area contributed by atoms with Gasteiger partial charge in [0.05, 0.1) is 10.0 Å². The van der Waals surface area contributed by atoms with Crippen molar-refractivity contribution in [2.45, 2.75) is 26.0 Å². The summed E-state index contributed by atoms with van der Waals surface area (Å²) in [7, 11) is 0. The number of aliphatic carboxylic acids is 1. The van der Waals surface area contributed by atoms with E-state index in [1.54, 1.807) is 24.3 Å². The number of oxazole rings is 1. The lowest BCUT2D eigenvalue weighted by molar-refractivity contribution is -0.138. The number of benzene rings is 3. The molecule has 0 saturated heterocycles. The van der Waals surface area contributed by atoms with Gasteiger partial charge in [0.1, 0.15) is 18.2 Å². The SMILES string of the molecule is CC(=O)Nc1cc(COc2c(Cl)cc(C[C@H](N)C(=O)O)cc2Cl)c2oc(-c3ccccc3)nc2c1. The number of carbonyl (C=O) groups excluding carboxylic acids is 1. The zero-order valence-corrected chi connectivity index (χ0v) is 20.1. The number of rotatable bonds is 8. The van der Waals surface area contributed by atoms with Gasteiger partial charge in [0.15, 0.2) is 11.3 Å². The minimum Gasteiger partial charge on any atom is -0.486 e. The number of nitrogens with one attached hydrogen (secondary N) is 1. The van der Waals surface area contributed by atoms with Crippen molar-refractivity contribution in [3.8, 4) is 17.2 Å². The summed E-state index contributed by atoms with van der Waals surface area (Å²) in [5, 5.41) is 12.2. The van der Waals surface area contributed by atoms with Gasteiger partial charge in [-0.25, -0.2) is 4.98 Å². The van der Waals surface area contributed by atoms with Crippen LogP contribution in [-0.4, -0.2) is 28.0 Å². The average molecular weight is 514 g/mol. The Kier molecular flexibility index (Phi) is 7.25. The van der Waals surface area contributed by atoms with Crippen molar-refractivity contribution >= 4 is 51.9 Å². The molecule has 0 spiro atoms. The average Bonchev–Trinajstić information content (AvgIpc) is 3.23. The molecule has 1 atom stereocenters. The van der Waals surface area contributed by atoms with Crippen LogP contribution in [-0.2, 0) is 22.6 Å². The molecule has 3 aromatic carbocycles. The van der Waals surface area contributed by atoms with Crippen LogP contribution in [0.4, 0.5) is 5.69 Å². The Morgan fingerprint density at radius 2 is 1.83 bits per heavy atom. The van der Waals surface area contributed by atoms with E-state index in [0.717, 1.165) is 5.56 Å². The summed E-state index contributed by atoms with van der Waals surface area (Å²) in [5.41, 5.74) is 9.17. The van der Waals surface area contributed by atoms with Crippen LogP contribution in [0.2, 0.25) is 10.0 Å². The van der Waals surface area contributed by atoms with Crippen LogP contribution >= 0.6 is 23.2 Å². The first-order valence-corrected chi connectivity index (χ1v) is 11.3.